The van der Waals surface area contributed by atoms with E-state index in [1.165, 1.54) is 18.4 Å². The standard InChI is InChI=1S/C22H24N4O3S/c1-12-17-19(23-13(2)24-21(17)30-18(12)22(28)29-4)26(3)11-14-5-7-15(8-6-14)20(27)25-16-9-10-16/h5-8,16H,9-11H2,1-4H3,(H,25,27). The number of carbonyl (C=O) groups is 2. The molecule has 0 aliphatic heterocycles. The van der Waals surface area contributed by atoms with Crippen LogP contribution in [0.15, 0.2) is 24.3 Å². The van der Waals surface area contributed by atoms with Gasteiger partial charge in [-0.05, 0) is 49.9 Å². The Balaban J connectivity index is 1.59. The maximum absolute atomic E-state index is 12.2. The number of hydrogen-bond donors (Lipinski definition) is 1. The summed E-state index contributed by atoms with van der Waals surface area (Å²) in [5.74, 6) is 1.04. The molecule has 2 heterocycles. The summed E-state index contributed by atoms with van der Waals surface area (Å²) in [6.45, 7) is 4.35. The summed E-state index contributed by atoms with van der Waals surface area (Å²) in [6.07, 6.45) is 2.14. The largest absolute Gasteiger partial charge is 0.465 e. The number of hydrogen-bond acceptors (Lipinski definition) is 7. The van der Waals surface area contributed by atoms with Crippen molar-refractivity contribution in [2.45, 2.75) is 39.3 Å². The fourth-order valence-corrected chi connectivity index (χ4v) is 4.53. The Morgan fingerprint density at radius 2 is 1.90 bits per heavy atom. The molecule has 156 valence electrons. The molecule has 0 bridgehead atoms. The molecule has 0 unspecified atom stereocenters. The number of methoxy groups -OCH3 is 1. The van der Waals surface area contributed by atoms with Gasteiger partial charge in [0.1, 0.15) is 21.3 Å². The summed E-state index contributed by atoms with van der Waals surface area (Å²) in [7, 11) is 3.34. The van der Waals surface area contributed by atoms with Gasteiger partial charge in [0.15, 0.2) is 0 Å². The molecule has 4 rings (SSSR count). The highest BCUT2D eigenvalue weighted by molar-refractivity contribution is 7.20. The number of esters is 1. The number of benzene rings is 1. The number of thiophene rings is 1. The number of carbonyl (C=O) groups excluding carboxylic acids is 2. The van der Waals surface area contributed by atoms with Crippen LogP contribution in [0.5, 0.6) is 0 Å². The summed E-state index contributed by atoms with van der Waals surface area (Å²) in [5, 5.41) is 3.87. The van der Waals surface area contributed by atoms with Crippen molar-refractivity contribution < 1.29 is 14.3 Å². The van der Waals surface area contributed by atoms with Gasteiger partial charge in [0.25, 0.3) is 5.91 Å². The molecule has 1 saturated carbocycles. The SMILES string of the molecule is COC(=O)c1sc2nc(C)nc(N(C)Cc3ccc(C(=O)NC4CC4)cc3)c2c1C. The second-order valence-electron chi connectivity index (χ2n) is 7.62. The number of amides is 1. The van der Waals surface area contributed by atoms with Gasteiger partial charge in [-0.3, -0.25) is 4.79 Å². The lowest BCUT2D eigenvalue weighted by molar-refractivity contribution is 0.0605. The van der Waals surface area contributed by atoms with Gasteiger partial charge >= 0.3 is 5.97 Å². The van der Waals surface area contributed by atoms with E-state index in [0.717, 1.165) is 40.0 Å². The Hall–Kier alpha value is -3.00. The smallest absolute Gasteiger partial charge is 0.348 e. The summed E-state index contributed by atoms with van der Waals surface area (Å²) >= 11 is 1.33. The molecular formula is C22H24N4O3S. The van der Waals surface area contributed by atoms with Crippen molar-refractivity contribution in [3.63, 3.8) is 0 Å². The molecule has 8 heteroatoms. The second kappa shape index (κ2) is 8.02. The summed E-state index contributed by atoms with van der Waals surface area (Å²) < 4.78 is 4.91. The third-order valence-corrected chi connectivity index (χ3v) is 6.33. The summed E-state index contributed by atoms with van der Waals surface area (Å²) in [6, 6.07) is 7.98. The van der Waals surface area contributed by atoms with E-state index < -0.39 is 0 Å². The van der Waals surface area contributed by atoms with Crippen LogP contribution in [0.2, 0.25) is 0 Å². The van der Waals surface area contributed by atoms with Crippen LogP contribution >= 0.6 is 11.3 Å². The van der Waals surface area contributed by atoms with E-state index in [1.54, 1.807) is 0 Å². The van der Waals surface area contributed by atoms with Crippen LogP contribution in [0.4, 0.5) is 5.82 Å². The Morgan fingerprint density at radius 3 is 2.53 bits per heavy atom. The molecule has 1 fully saturated rings. The van der Waals surface area contributed by atoms with Crippen molar-refractivity contribution in [1.82, 2.24) is 15.3 Å². The van der Waals surface area contributed by atoms with Crippen molar-refractivity contribution in [3.8, 4) is 0 Å². The van der Waals surface area contributed by atoms with Crippen LogP contribution in [-0.4, -0.2) is 42.0 Å². The van der Waals surface area contributed by atoms with Crippen LogP contribution in [0, 0.1) is 13.8 Å². The fourth-order valence-electron chi connectivity index (χ4n) is 3.39. The fraction of sp³-hybridized carbons (Fsp3) is 0.364. The second-order valence-corrected chi connectivity index (χ2v) is 8.62. The van der Waals surface area contributed by atoms with Crippen LogP contribution in [0.3, 0.4) is 0 Å². The minimum Gasteiger partial charge on any atom is -0.465 e. The first-order valence-electron chi connectivity index (χ1n) is 9.84. The molecule has 7 nitrogen and oxygen atoms in total. The van der Waals surface area contributed by atoms with E-state index >= 15 is 0 Å². The highest BCUT2D eigenvalue weighted by Gasteiger charge is 2.24. The van der Waals surface area contributed by atoms with E-state index in [9.17, 15) is 9.59 Å². The van der Waals surface area contributed by atoms with Crippen molar-refractivity contribution in [2.24, 2.45) is 0 Å². The van der Waals surface area contributed by atoms with Gasteiger partial charge in [0, 0.05) is 25.2 Å². The van der Waals surface area contributed by atoms with Gasteiger partial charge < -0.3 is 15.0 Å². The number of aromatic nitrogens is 2. The number of aryl methyl sites for hydroxylation is 2. The van der Waals surface area contributed by atoms with Gasteiger partial charge in [0.05, 0.1) is 12.5 Å². The molecular weight excluding hydrogens is 400 g/mol. The molecule has 0 spiro atoms. The van der Waals surface area contributed by atoms with Crippen LogP contribution < -0.4 is 10.2 Å². The first-order valence-corrected chi connectivity index (χ1v) is 10.7. The van der Waals surface area contributed by atoms with Crippen LogP contribution in [0.25, 0.3) is 10.2 Å². The van der Waals surface area contributed by atoms with E-state index in [-0.39, 0.29) is 11.9 Å². The number of ether oxygens (including phenoxy) is 1. The molecule has 30 heavy (non-hydrogen) atoms. The van der Waals surface area contributed by atoms with Crippen molar-refractivity contribution in [1.29, 1.82) is 0 Å². The monoisotopic (exact) mass is 424 g/mol. The molecule has 0 saturated heterocycles. The number of nitrogens with one attached hydrogen (secondary N) is 1. The van der Waals surface area contributed by atoms with Crippen LogP contribution in [0.1, 0.15) is 49.8 Å². The van der Waals surface area contributed by atoms with Crippen LogP contribution in [-0.2, 0) is 11.3 Å². The Morgan fingerprint density at radius 1 is 1.20 bits per heavy atom. The highest BCUT2D eigenvalue weighted by Crippen LogP contribution is 2.36. The lowest BCUT2D eigenvalue weighted by Gasteiger charge is -2.20. The average Bonchev–Trinajstić information content (AvgIpc) is 3.48. The lowest BCUT2D eigenvalue weighted by Crippen LogP contribution is -2.25. The Labute approximate surface area is 179 Å². The quantitative estimate of drug-likeness (QED) is 0.609. The summed E-state index contributed by atoms with van der Waals surface area (Å²) in [5.41, 5.74) is 2.56. The molecule has 0 radical (unpaired) electrons. The summed E-state index contributed by atoms with van der Waals surface area (Å²) in [4.78, 5) is 36.8. The molecule has 3 aromatic rings. The van der Waals surface area contributed by atoms with Gasteiger partial charge in [-0.2, -0.15) is 0 Å². The van der Waals surface area contributed by atoms with E-state index in [4.69, 9.17) is 4.74 Å². The number of anilines is 1. The molecule has 1 N–H and O–H groups in total. The van der Waals surface area contributed by atoms with Gasteiger partial charge in [-0.15, -0.1) is 11.3 Å². The van der Waals surface area contributed by atoms with Gasteiger partial charge in [0.2, 0.25) is 0 Å². The van der Waals surface area contributed by atoms with Crippen molar-refractivity contribution >= 4 is 39.2 Å². The number of nitrogens with zero attached hydrogens (tertiary/aromatic N) is 3. The van der Waals surface area contributed by atoms with E-state index in [0.29, 0.717) is 28.9 Å². The molecule has 0 atom stereocenters. The predicted octanol–water partition coefficient (Wildman–Crippen LogP) is 3.62. The minimum absolute atomic E-state index is 0.0187. The third-order valence-electron chi connectivity index (χ3n) is 5.16. The zero-order valence-electron chi connectivity index (χ0n) is 17.5. The van der Waals surface area contributed by atoms with Gasteiger partial charge in [-0.25, -0.2) is 14.8 Å². The number of fused-ring (bicyclic) bond motifs is 1. The lowest BCUT2D eigenvalue weighted by atomic mass is 10.1. The molecule has 1 aromatic carbocycles. The maximum atomic E-state index is 12.2. The highest BCUT2D eigenvalue weighted by atomic mass is 32.1. The van der Waals surface area contributed by atoms with E-state index in [2.05, 4.69) is 15.3 Å². The first-order chi connectivity index (χ1) is 14.4. The maximum Gasteiger partial charge on any atom is 0.348 e. The molecule has 1 aliphatic rings. The molecule has 1 amide bonds. The number of rotatable bonds is 6. The van der Waals surface area contributed by atoms with Crippen molar-refractivity contribution in [3.05, 3.63) is 51.7 Å². The average molecular weight is 425 g/mol. The third kappa shape index (κ3) is 4.00. The Bertz CT molecular complexity index is 1120. The van der Waals surface area contributed by atoms with E-state index in [1.807, 2.05) is 50.1 Å². The van der Waals surface area contributed by atoms with Gasteiger partial charge in [-0.1, -0.05) is 12.1 Å². The minimum atomic E-state index is -0.359. The molecule has 2 aromatic heterocycles. The Kier molecular flexibility index (Phi) is 5.42. The predicted molar refractivity (Wildman–Crippen MR) is 117 cm³/mol. The zero-order valence-corrected chi connectivity index (χ0v) is 18.3. The van der Waals surface area contributed by atoms with Crippen molar-refractivity contribution in [2.75, 3.05) is 19.1 Å². The zero-order chi connectivity index (χ0) is 21.4. The first kappa shape index (κ1) is 20.3. The molecule has 1 aliphatic carbocycles. The normalized spacial score (nSPS) is 13.3. The topological polar surface area (TPSA) is 84.4 Å².